The fourth-order valence-corrected chi connectivity index (χ4v) is 3.02. The summed E-state index contributed by atoms with van der Waals surface area (Å²) in [6.45, 7) is 5.61. The van der Waals surface area contributed by atoms with Gasteiger partial charge in [0.15, 0.2) is 0 Å². The summed E-state index contributed by atoms with van der Waals surface area (Å²) in [5.74, 6) is -0.499. The van der Waals surface area contributed by atoms with E-state index in [4.69, 9.17) is 0 Å². The van der Waals surface area contributed by atoms with Gasteiger partial charge < -0.3 is 5.32 Å². The van der Waals surface area contributed by atoms with Gasteiger partial charge in [-0.1, -0.05) is 43.3 Å². The van der Waals surface area contributed by atoms with E-state index in [1.54, 1.807) is 19.2 Å². The van der Waals surface area contributed by atoms with Crippen LogP contribution in [0.4, 0.5) is 5.69 Å². The van der Waals surface area contributed by atoms with Gasteiger partial charge in [-0.15, -0.1) is 0 Å². The Morgan fingerprint density at radius 3 is 2.56 bits per heavy atom. The van der Waals surface area contributed by atoms with Crippen LogP contribution in [0, 0.1) is 13.8 Å². The molecule has 3 aromatic rings. The van der Waals surface area contributed by atoms with E-state index in [9.17, 15) is 9.59 Å². The molecule has 0 aliphatic carbocycles. The molecule has 5 heteroatoms. The molecule has 25 heavy (non-hydrogen) atoms. The van der Waals surface area contributed by atoms with Crippen molar-refractivity contribution in [2.45, 2.75) is 33.1 Å². The molecule has 0 fully saturated rings. The van der Waals surface area contributed by atoms with Gasteiger partial charge in [-0.3, -0.25) is 14.0 Å². The maximum absolute atomic E-state index is 12.8. The van der Waals surface area contributed by atoms with Crippen molar-refractivity contribution in [3.63, 3.8) is 0 Å². The zero-order chi connectivity index (χ0) is 18.0. The van der Waals surface area contributed by atoms with E-state index in [0.717, 1.165) is 11.1 Å². The van der Waals surface area contributed by atoms with Crippen LogP contribution >= 0.6 is 0 Å². The number of carbonyl (C=O) groups is 1. The Kier molecular flexibility index (Phi) is 4.65. The Hall–Kier alpha value is -2.95. The van der Waals surface area contributed by atoms with E-state index in [0.29, 0.717) is 17.8 Å². The third kappa shape index (κ3) is 3.18. The van der Waals surface area contributed by atoms with Gasteiger partial charge in [-0.25, -0.2) is 4.98 Å². The largest absolute Gasteiger partial charge is 0.319 e. The topological polar surface area (TPSA) is 63.5 Å². The van der Waals surface area contributed by atoms with Crippen molar-refractivity contribution in [2.75, 3.05) is 5.32 Å². The molecule has 2 aromatic heterocycles. The first-order valence-electron chi connectivity index (χ1n) is 8.37. The van der Waals surface area contributed by atoms with Crippen LogP contribution in [-0.2, 0) is 4.79 Å². The van der Waals surface area contributed by atoms with Gasteiger partial charge in [0.25, 0.3) is 5.56 Å². The van der Waals surface area contributed by atoms with Crippen molar-refractivity contribution in [2.24, 2.45) is 0 Å². The molecule has 2 heterocycles. The quantitative estimate of drug-likeness (QED) is 0.794. The number of carbonyl (C=O) groups excluding carboxylic acids is 1. The number of aromatic nitrogens is 2. The van der Waals surface area contributed by atoms with Crippen LogP contribution in [-0.4, -0.2) is 15.3 Å². The lowest BCUT2D eigenvalue weighted by Gasteiger charge is -2.16. The maximum atomic E-state index is 12.8. The zero-order valence-corrected chi connectivity index (χ0v) is 14.6. The fourth-order valence-electron chi connectivity index (χ4n) is 3.02. The highest BCUT2D eigenvalue weighted by Crippen LogP contribution is 2.21. The number of rotatable bonds is 4. The van der Waals surface area contributed by atoms with E-state index < -0.39 is 0 Å². The molecule has 0 saturated carbocycles. The average molecular weight is 335 g/mol. The van der Waals surface area contributed by atoms with Crippen molar-refractivity contribution < 1.29 is 4.79 Å². The van der Waals surface area contributed by atoms with Gasteiger partial charge in [-0.05, 0) is 37.5 Å². The second kappa shape index (κ2) is 6.89. The summed E-state index contributed by atoms with van der Waals surface area (Å²) in [5.41, 5.74) is 2.96. The van der Waals surface area contributed by atoms with Crippen LogP contribution in [0.5, 0.6) is 0 Å². The molecule has 0 radical (unpaired) electrons. The Labute approximate surface area is 146 Å². The predicted octanol–water partition coefficient (Wildman–Crippen LogP) is 3.44. The minimum Gasteiger partial charge on any atom is -0.319 e. The van der Waals surface area contributed by atoms with Crippen LogP contribution in [0.2, 0.25) is 0 Å². The Morgan fingerprint density at radius 2 is 1.88 bits per heavy atom. The van der Waals surface area contributed by atoms with Crippen molar-refractivity contribution >= 4 is 17.2 Å². The third-order valence-corrected chi connectivity index (χ3v) is 4.41. The number of anilines is 1. The fraction of sp³-hybridized carbons (Fsp3) is 0.250. The molecule has 1 aromatic carbocycles. The van der Waals surface area contributed by atoms with E-state index in [-0.39, 0.29) is 23.1 Å². The lowest BCUT2D eigenvalue weighted by molar-refractivity contribution is -0.117. The summed E-state index contributed by atoms with van der Waals surface area (Å²) in [5, 5.41) is 2.80. The van der Waals surface area contributed by atoms with E-state index >= 15 is 0 Å². The molecular weight excluding hydrogens is 314 g/mol. The molecule has 0 spiro atoms. The zero-order valence-electron chi connectivity index (χ0n) is 14.6. The van der Waals surface area contributed by atoms with E-state index in [1.807, 2.05) is 50.2 Å². The van der Waals surface area contributed by atoms with Crippen molar-refractivity contribution in [3.8, 4) is 0 Å². The molecule has 128 valence electrons. The SMILES string of the molecule is CC[C@H](C(=O)Nc1c(C)nc2c(C)cccn2c1=O)c1ccccc1. The van der Waals surface area contributed by atoms with E-state index in [2.05, 4.69) is 10.3 Å². The van der Waals surface area contributed by atoms with Crippen molar-refractivity contribution in [1.29, 1.82) is 0 Å². The van der Waals surface area contributed by atoms with Gasteiger partial charge in [0, 0.05) is 6.20 Å². The number of hydrogen-bond donors (Lipinski definition) is 1. The summed E-state index contributed by atoms with van der Waals surface area (Å²) in [4.78, 5) is 30.1. The average Bonchev–Trinajstić information content (AvgIpc) is 2.61. The van der Waals surface area contributed by atoms with Crippen molar-refractivity contribution in [3.05, 3.63) is 75.8 Å². The first-order chi connectivity index (χ1) is 12.0. The summed E-state index contributed by atoms with van der Waals surface area (Å²) in [6, 6.07) is 13.3. The number of fused-ring (bicyclic) bond motifs is 1. The highest BCUT2D eigenvalue weighted by molar-refractivity contribution is 5.96. The number of nitrogens with one attached hydrogen (secondary N) is 1. The van der Waals surface area contributed by atoms with E-state index in [1.165, 1.54) is 4.40 Å². The monoisotopic (exact) mass is 335 g/mol. The van der Waals surface area contributed by atoms with Gasteiger partial charge in [-0.2, -0.15) is 0 Å². The van der Waals surface area contributed by atoms with Gasteiger partial charge in [0.1, 0.15) is 11.3 Å². The van der Waals surface area contributed by atoms with Gasteiger partial charge in [0.2, 0.25) is 5.91 Å². The number of nitrogens with zero attached hydrogens (tertiary/aromatic N) is 2. The smallest absolute Gasteiger partial charge is 0.281 e. The van der Waals surface area contributed by atoms with Crippen LogP contribution in [0.1, 0.15) is 36.1 Å². The molecule has 0 aliphatic rings. The molecule has 0 bridgehead atoms. The predicted molar refractivity (Wildman–Crippen MR) is 99.0 cm³/mol. The van der Waals surface area contributed by atoms with Crippen LogP contribution < -0.4 is 10.9 Å². The second-order valence-corrected chi connectivity index (χ2v) is 6.12. The standard InChI is InChI=1S/C20H21N3O2/c1-4-16(15-10-6-5-7-11-15)19(24)22-17-14(3)21-18-13(2)9-8-12-23(18)20(17)25/h5-12,16H,4H2,1-3H3,(H,22,24)/t16-/m0/s1. The minimum atomic E-state index is -0.307. The molecule has 1 N–H and O–H groups in total. The highest BCUT2D eigenvalue weighted by atomic mass is 16.2. The number of amides is 1. The van der Waals surface area contributed by atoms with Crippen LogP contribution in [0.15, 0.2) is 53.5 Å². The summed E-state index contributed by atoms with van der Waals surface area (Å²) in [6.07, 6.45) is 2.32. The second-order valence-electron chi connectivity index (χ2n) is 6.12. The molecule has 0 unspecified atom stereocenters. The minimum absolute atomic E-state index is 0.191. The number of aryl methyl sites for hydroxylation is 2. The lowest BCUT2D eigenvalue weighted by Crippen LogP contribution is -2.28. The Balaban J connectivity index is 2.00. The number of hydrogen-bond acceptors (Lipinski definition) is 3. The van der Waals surface area contributed by atoms with Crippen molar-refractivity contribution in [1.82, 2.24) is 9.38 Å². The first-order valence-corrected chi connectivity index (χ1v) is 8.37. The van der Waals surface area contributed by atoms with Gasteiger partial charge >= 0.3 is 0 Å². The molecule has 1 atom stereocenters. The molecule has 3 rings (SSSR count). The molecule has 5 nitrogen and oxygen atoms in total. The molecule has 1 amide bonds. The number of pyridine rings is 1. The summed E-state index contributed by atoms with van der Waals surface area (Å²) in [7, 11) is 0. The summed E-state index contributed by atoms with van der Waals surface area (Å²) < 4.78 is 1.47. The number of benzene rings is 1. The highest BCUT2D eigenvalue weighted by Gasteiger charge is 2.21. The molecular formula is C20H21N3O2. The normalized spacial score (nSPS) is 12.1. The van der Waals surface area contributed by atoms with Crippen LogP contribution in [0.25, 0.3) is 5.65 Å². The third-order valence-electron chi connectivity index (χ3n) is 4.41. The van der Waals surface area contributed by atoms with Crippen LogP contribution in [0.3, 0.4) is 0 Å². The first kappa shape index (κ1) is 16.9. The molecule has 0 aliphatic heterocycles. The van der Waals surface area contributed by atoms with Gasteiger partial charge in [0.05, 0.1) is 11.6 Å². The summed E-state index contributed by atoms with van der Waals surface area (Å²) >= 11 is 0. The maximum Gasteiger partial charge on any atom is 0.281 e. The lowest BCUT2D eigenvalue weighted by atomic mass is 9.95. The molecule has 0 saturated heterocycles. The Morgan fingerprint density at radius 1 is 1.16 bits per heavy atom. The Bertz CT molecular complexity index is 977.